The van der Waals surface area contributed by atoms with Gasteiger partial charge in [0.05, 0.1) is 23.6 Å². The predicted molar refractivity (Wildman–Crippen MR) is 69.7 cm³/mol. The number of rotatable bonds is 2. The van der Waals surface area contributed by atoms with Gasteiger partial charge in [-0.3, -0.25) is 9.97 Å². The van der Waals surface area contributed by atoms with Gasteiger partial charge in [-0.2, -0.15) is 0 Å². The third-order valence-corrected chi connectivity index (χ3v) is 2.23. The van der Waals surface area contributed by atoms with Gasteiger partial charge in [-0.25, -0.2) is 0 Å². The van der Waals surface area contributed by atoms with Crippen molar-refractivity contribution in [1.82, 2.24) is 9.97 Å². The number of aliphatic hydroxyl groups excluding tert-OH is 2. The number of nitrogens with zero attached hydrogens (tertiary/aromatic N) is 2. The maximum atomic E-state index is 8.96. The molecule has 0 aliphatic carbocycles. The second kappa shape index (κ2) is 7.53. The van der Waals surface area contributed by atoms with Crippen LogP contribution in [0.4, 0.5) is 0 Å². The fourth-order valence-corrected chi connectivity index (χ4v) is 1.25. The summed E-state index contributed by atoms with van der Waals surface area (Å²) in [5.41, 5.74) is 1.44. The lowest BCUT2D eigenvalue weighted by molar-refractivity contribution is 0.194. The SMILES string of the molecule is CC(O)c1ccccn1.CC(O)c1ccccn1. The second-order valence-corrected chi connectivity index (χ2v) is 3.86. The summed E-state index contributed by atoms with van der Waals surface area (Å²) in [6.45, 7) is 3.39. The molecular formula is C14H18N2O2. The first kappa shape index (κ1) is 14.3. The molecule has 0 saturated carbocycles. The lowest BCUT2D eigenvalue weighted by Crippen LogP contribution is -1.92. The number of aromatic nitrogens is 2. The van der Waals surface area contributed by atoms with Crippen LogP contribution in [0.25, 0.3) is 0 Å². The van der Waals surface area contributed by atoms with Crippen molar-refractivity contribution in [3.05, 3.63) is 60.2 Å². The highest BCUT2D eigenvalue weighted by Crippen LogP contribution is 2.05. The molecule has 4 heteroatoms. The summed E-state index contributed by atoms with van der Waals surface area (Å²) < 4.78 is 0. The van der Waals surface area contributed by atoms with E-state index < -0.39 is 12.2 Å². The topological polar surface area (TPSA) is 66.2 Å². The Morgan fingerprint density at radius 2 is 1.17 bits per heavy atom. The van der Waals surface area contributed by atoms with Gasteiger partial charge in [0.2, 0.25) is 0 Å². The van der Waals surface area contributed by atoms with Gasteiger partial charge < -0.3 is 10.2 Å². The van der Waals surface area contributed by atoms with Crippen molar-refractivity contribution in [2.45, 2.75) is 26.1 Å². The summed E-state index contributed by atoms with van der Waals surface area (Å²) in [5, 5.41) is 17.9. The van der Waals surface area contributed by atoms with Crippen LogP contribution < -0.4 is 0 Å². The van der Waals surface area contributed by atoms with E-state index in [0.717, 1.165) is 11.4 Å². The van der Waals surface area contributed by atoms with Crippen LogP contribution in [0.3, 0.4) is 0 Å². The Morgan fingerprint density at radius 3 is 1.33 bits per heavy atom. The van der Waals surface area contributed by atoms with Crippen molar-refractivity contribution in [1.29, 1.82) is 0 Å². The molecule has 2 heterocycles. The zero-order valence-electron chi connectivity index (χ0n) is 10.6. The summed E-state index contributed by atoms with van der Waals surface area (Å²) in [7, 11) is 0. The summed E-state index contributed by atoms with van der Waals surface area (Å²) in [4.78, 5) is 7.86. The van der Waals surface area contributed by atoms with E-state index in [1.807, 2.05) is 24.3 Å². The average molecular weight is 246 g/mol. The van der Waals surface area contributed by atoms with E-state index >= 15 is 0 Å². The molecule has 0 spiro atoms. The Balaban J connectivity index is 0.000000180. The molecule has 18 heavy (non-hydrogen) atoms. The molecule has 2 atom stereocenters. The average Bonchev–Trinajstić information content (AvgIpc) is 2.41. The fraction of sp³-hybridized carbons (Fsp3) is 0.286. The van der Waals surface area contributed by atoms with Crippen molar-refractivity contribution in [3.63, 3.8) is 0 Å². The smallest absolute Gasteiger partial charge is 0.0931 e. The Kier molecular flexibility index (Phi) is 5.97. The molecule has 0 bridgehead atoms. The minimum absolute atomic E-state index is 0.453. The lowest BCUT2D eigenvalue weighted by atomic mass is 10.2. The van der Waals surface area contributed by atoms with E-state index in [-0.39, 0.29) is 0 Å². The zero-order chi connectivity index (χ0) is 13.4. The molecule has 2 N–H and O–H groups in total. The third-order valence-electron chi connectivity index (χ3n) is 2.23. The number of hydrogen-bond acceptors (Lipinski definition) is 4. The van der Waals surface area contributed by atoms with Crippen LogP contribution >= 0.6 is 0 Å². The second-order valence-electron chi connectivity index (χ2n) is 3.86. The number of aliphatic hydroxyl groups is 2. The molecule has 2 rings (SSSR count). The maximum Gasteiger partial charge on any atom is 0.0931 e. The van der Waals surface area contributed by atoms with Gasteiger partial charge in [-0.05, 0) is 38.1 Å². The monoisotopic (exact) mass is 246 g/mol. The summed E-state index contributed by atoms with van der Waals surface area (Å²) in [6, 6.07) is 11.0. The molecule has 4 nitrogen and oxygen atoms in total. The maximum absolute atomic E-state index is 8.96. The van der Waals surface area contributed by atoms with Gasteiger partial charge in [0.1, 0.15) is 0 Å². The van der Waals surface area contributed by atoms with E-state index in [2.05, 4.69) is 9.97 Å². The molecule has 0 aliphatic heterocycles. The summed E-state index contributed by atoms with van der Waals surface area (Å²) >= 11 is 0. The normalized spacial score (nSPS) is 13.1. The highest BCUT2D eigenvalue weighted by atomic mass is 16.3. The molecule has 0 amide bonds. The third kappa shape index (κ3) is 5.03. The van der Waals surface area contributed by atoms with Gasteiger partial charge in [-0.1, -0.05) is 12.1 Å². The van der Waals surface area contributed by atoms with E-state index in [1.54, 1.807) is 38.4 Å². The van der Waals surface area contributed by atoms with Crippen LogP contribution in [-0.2, 0) is 0 Å². The molecule has 0 radical (unpaired) electrons. The van der Waals surface area contributed by atoms with Crippen molar-refractivity contribution < 1.29 is 10.2 Å². The molecule has 0 saturated heterocycles. The number of hydrogen-bond donors (Lipinski definition) is 2. The predicted octanol–water partition coefficient (Wildman–Crippen LogP) is 2.27. The molecule has 96 valence electrons. The van der Waals surface area contributed by atoms with Gasteiger partial charge in [0, 0.05) is 12.4 Å². The van der Waals surface area contributed by atoms with Crippen LogP contribution in [0.15, 0.2) is 48.8 Å². The van der Waals surface area contributed by atoms with Crippen LogP contribution in [-0.4, -0.2) is 20.2 Å². The highest BCUT2D eigenvalue weighted by molar-refractivity contribution is 5.05. The first-order chi connectivity index (χ1) is 8.61. The van der Waals surface area contributed by atoms with Crippen LogP contribution in [0.1, 0.15) is 37.4 Å². The van der Waals surface area contributed by atoms with Crippen molar-refractivity contribution >= 4 is 0 Å². The van der Waals surface area contributed by atoms with Crippen LogP contribution in [0, 0.1) is 0 Å². The minimum atomic E-state index is -0.453. The first-order valence-electron chi connectivity index (χ1n) is 5.79. The molecule has 0 aliphatic rings. The quantitative estimate of drug-likeness (QED) is 0.853. The van der Waals surface area contributed by atoms with Crippen molar-refractivity contribution in [3.8, 4) is 0 Å². The van der Waals surface area contributed by atoms with E-state index in [1.165, 1.54) is 0 Å². The van der Waals surface area contributed by atoms with Crippen LogP contribution in [0.5, 0.6) is 0 Å². The molecular weight excluding hydrogens is 228 g/mol. The van der Waals surface area contributed by atoms with E-state index in [4.69, 9.17) is 10.2 Å². The molecule has 2 aromatic rings. The minimum Gasteiger partial charge on any atom is -0.387 e. The highest BCUT2D eigenvalue weighted by Gasteiger charge is 1.97. The van der Waals surface area contributed by atoms with Crippen molar-refractivity contribution in [2.75, 3.05) is 0 Å². The van der Waals surface area contributed by atoms with Gasteiger partial charge in [0.25, 0.3) is 0 Å². The summed E-state index contributed by atoms with van der Waals surface area (Å²) in [5.74, 6) is 0. The zero-order valence-corrected chi connectivity index (χ0v) is 10.6. The molecule has 2 aromatic heterocycles. The standard InChI is InChI=1S/2C7H9NO/c2*1-6(9)7-4-2-3-5-8-7/h2*2-6,9H,1H3. The fourth-order valence-electron chi connectivity index (χ4n) is 1.25. The Hall–Kier alpha value is -1.78. The molecule has 0 aromatic carbocycles. The van der Waals surface area contributed by atoms with Gasteiger partial charge in [-0.15, -0.1) is 0 Å². The van der Waals surface area contributed by atoms with Crippen LogP contribution in [0.2, 0.25) is 0 Å². The largest absolute Gasteiger partial charge is 0.387 e. The van der Waals surface area contributed by atoms with Gasteiger partial charge >= 0.3 is 0 Å². The first-order valence-corrected chi connectivity index (χ1v) is 5.79. The van der Waals surface area contributed by atoms with E-state index in [9.17, 15) is 0 Å². The van der Waals surface area contributed by atoms with E-state index in [0.29, 0.717) is 0 Å². The van der Waals surface area contributed by atoms with Gasteiger partial charge in [0.15, 0.2) is 0 Å². The Morgan fingerprint density at radius 1 is 0.778 bits per heavy atom. The van der Waals surface area contributed by atoms with Crippen molar-refractivity contribution in [2.24, 2.45) is 0 Å². The molecule has 2 unspecified atom stereocenters. The molecule has 0 fully saturated rings. The number of pyridine rings is 2. The summed E-state index contributed by atoms with van der Waals surface area (Å²) in [6.07, 6.45) is 2.43. The lowest BCUT2D eigenvalue weighted by Gasteiger charge is -1.99. The Labute approximate surface area is 107 Å². The Bertz CT molecular complexity index is 387.